The van der Waals surface area contributed by atoms with Gasteiger partial charge in [0.15, 0.2) is 0 Å². The Morgan fingerprint density at radius 1 is 1.23 bits per heavy atom. The number of hydrogen-bond acceptors (Lipinski definition) is 2. The van der Waals surface area contributed by atoms with E-state index in [2.05, 4.69) is 5.32 Å². The molecule has 0 spiro atoms. The van der Waals surface area contributed by atoms with Crippen molar-refractivity contribution < 1.29 is 4.79 Å². The first-order valence-electron chi connectivity index (χ1n) is 4.72. The molecule has 0 atom stereocenters. The van der Waals surface area contributed by atoms with Gasteiger partial charge in [0, 0.05) is 26.2 Å². The maximum atomic E-state index is 11.8. The lowest BCUT2D eigenvalue weighted by Gasteiger charge is -2.28. The lowest BCUT2D eigenvalue weighted by molar-refractivity contribution is -0.133. The third kappa shape index (κ3) is 1.80. The molecule has 2 rings (SSSR count). The Kier molecular flexibility index (Phi) is 2.45. The zero-order valence-electron chi connectivity index (χ0n) is 7.57. The summed E-state index contributed by atoms with van der Waals surface area (Å²) >= 11 is 0. The summed E-state index contributed by atoms with van der Waals surface area (Å²) in [5.41, 5.74) is 0. The predicted molar refractivity (Wildman–Crippen MR) is 51.2 cm³/mol. The Bertz CT molecular complexity index is 240. The molecule has 1 aliphatic heterocycles. The van der Waals surface area contributed by atoms with Crippen molar-refractivity contribution in [3.63, 3.8) is 0 Å². The molecule has 0 bridgehead atoms. The molecule has 13 heavy (non-hydrogen) atoms. The molecule has 1 amide bonds. The summed E-state index contributed by atoms with van der Waals surface area (Å²) in [5, 5.41) is 3.23. The lowest BCUT2D eigenvalue weighted by Crippen LogP contribution is -2.47. The summed E-state index contributed by atoms with van der Waals surface area (Å²) in [5.74, 6) is 0.240. The molecule has 0 unspecified atom stereocenters. The second-order valence-electron chi connectivity index (χ2n) is 3.37. The molecule has 0 aromatic rings. The number of carbonyl (C=O) groups is 1. The fourth-order valence-electron chi connectivity index (χ4n) is 1.69. The van der Waals surface area contributed by atoms with Gasteiger partial charge in [-0.05, 0) is 0 Å². The van der Waals surface area contributed by atoms with Crippen molar-refractivity contribution in [3.05, 3.63) is 24.3 Å². The average molecular weight is 178 g/mol. The molecule has 0 saturated carbocycles. The van der Waals surface area contributed by atoms with Crippen LogP contribution in [0.3, 0.4) is 0 Å². The standard InChI is InChI=1S/C10H14N2O/c13-10(9-3-1-2-4-9)12-7-5-11-6-8-12/h1-4,9,11H,5-8H2. The largest absolute Gasteiger partial charge is 0.339 e. The zero-order chi connectivity index (χ0) is 9.10. The van der Waals surface area contributed by atoms with E-state index in [1.54, 1.807) is 0 Å². The summed E-state index contributed by atoms with van der Waals surface area (Å²) in [4.78, 5) is 13.7. The minimum atomic E-state index is -0.00176. The van der Waals surface area contributed by atoms with Crippen LogP contribution in [0.25, 0.3) is 0 Å². The monoisotopic (exact) mass is 178 g/mol. The molecule has 2 aliphatic rings. The number of carbonyl (C=O) groups excluding carboxylic acids is 1. The van der Waals surface area contributed by atoms with Crippen LogP contribution in [0.15, 0.2) is 24.3 Å². The lowest BCUT2D eigenvalue weighted by atomic mass is 10.1. The molecule has 1 fully saturated rings. The SMILES string of the molecule is O=C(C1C=CC=C1)N1CCNCC1. The van der Waals surface area contributed by atoms with Crippen molar-refractivity contribution in [2.45, 2.75) is 0 Å². The third-order valence-corrected chi connectivity index (χ3v) is 2.46. The van der Waals surface area contributed by atoms with Crippen LogP contribution < -0.4 is 5.32 Å². The number of nitrogens with one attached hydrogen (secondary N) is 1. The van der Waals surface area contributed by atoms with Gasteiger partial charge in [0.25, 0.3) is 0 Å². The Labute approximate surface area is 78.1 Å². The average Bonchev–Trinajstić information content (AvgIpc) is 2.71. The molecule has 1 N–H and O–H groups in total. The van der Waals surface area contributed by atoms with Gasteiger partial charge in [-0.3, -0.25) is 4.79 Å². The van der Waals surface area contributed by atoms with E-state index in [0.717, 1.165) is 26.2 Å². The summed E-state index contributed by atoms with van der Waals surface area (Å²) < 4.78 is 0. The minimum absolute atomic E-state index is 0.00176. The Morgan fingerprint density at radius 3 is 2.46 bits per heavy atom. The number of nitrogens with zero attached hydrogens (tertiary/aromatic N) is 1. The second kappa shape index (κ2) is 3.75. The van der Waals surface area contributed by atoms with Crippen LogP contribution in [0.2, 0.25) is 0 Å². The van der Waals surface area contributed by atoms with Gasteiger partial charge in [-0.2, -0.15) is 0 Å². The topological polar surface area (TPSA) is 32.3 Å². The normalized spacial score (nSPS) is 22.6. The van der Waals surface area contributed by atoms with Crippen molar-refractivity contribution in [1.29, 1.82) is 0 Å². The van der Waals surface area contributed by atoms with Crippen LogP contribution in [0.1, 0.15) is 0 Å². The molecule has 0 aromatic carbocycles. The zero-order valence-corrected chi connectivity index (χ0v) is 7.57. The fourth-order valence-corrected chi connectivity index (χ4v) is 1.69. The first-order valence-corrected chi connectivity index (χ1v) is 4.72. The van der Waals surface area contributed by atoms with Crippen molar-refractivity contribution in [1.82, 2.24) is 10.2 Å². The Hall–Kier alpha value is -1.09. The van der Waals surface area contributed by atoms with Crippen LogP contribution in [0.4, 0.5) is 0 Å². The van der Waals surface area contributed by atoms with Gasteiger partial charge in [0.05, 0.1) is 5.92 Å². The first kappa shape index (κ1) is 8.51. The van der Waals surface area contributed by atoms with E-state index in [-0.39, 0.29) is 11.8 Å². The van der Waals surface area contributed by atoms with Gasteiger partial charge in [0.1, 0.15) is 0 Å². The van der Waals surface area contributed by atoms with Gasteiger partial charge in [-0.25, -0.2) is 0 Å². The number of piperazine rings is 1. The highest BCUT2D eigenvalue weighted by atomic mass is 16.2. The van der Waals surface area contributed by atoms with E-state index in [1.165, 1.54) is 0 Å². The number of rotatable bonds is 1. The van der Waals surface area contributed by atoms with E-state index in [4.69, 9.17) is 0 Å². The first-order chi connectivity index (χ1) is 6.38. The molecule has 1 aliphatic carbocycles. The van der Waals surface area contributed by atoms with Crippen LogP contribution >= 0.6 is 0 Å². The maximum absolute atomic E-state index is 11.8. The molecule has 3 nitrogen and oxygen atoms in total. The van der Waals surface area contributed by atoms with Crippen LogP contribution in [0.5, 0.6) is 0 Å². The number of hydrogen-bond donors (Lipinski definition) is 1. The van der Waals surface area contributed by atoms with Crippen molar-refractivity contribution >= 4 is 5.91 Å². The van der Waals surface area contributed by atoms with Gasteiger partial charge < -0.3 is 10.2 Å². The van der Waals surface area contributed by atoms with E-state index in [1.807, 2.05) is 29.2 Å². The summed E-state index contributed by atoms with van der Waals surface area (Å²) in [7, 11) is 0. The molecule has 70 valence electrons. The molecular formula is C10H14N2O. The Morgan fingerprint density at radius 2 is 1.85 bits per heavy atom. The van der Waals surface area contributed by atoms with Crippen LogP contribution in [-0.2, 0) is 4.79 Å². The predicted octanol–water partition coefficient (Wildman–Crippen LogP) is 0.160. The van der Waals surface area contributed by atoms with Crippen molar-refractivity contribution in [2.24, 2.45) is 5.92 Å². The molecular weight excluding hydrogens is 164 g/mol. The Balaban J connectivity index is 1.95. The van der Waals surface area contributed by atoms with Gasteiger partial charge in [0.2, 0.25) is 5.91 Å². The summed E-state index contributed by atoms with van der Waals surface area (Å²) in [6.07, 6.45) is 7.77. The molecule has 1 saturated heterocycles. The van der Waals surface area contributed by atoms with E-state index >= 15 is 0 Å². The summed E-state index contributed by atoms with van der Waals surface area (Å²) in [6, 6.07) is 0. The van der Waals surface area contributed by atoms with Crippen LogP contribution in [0, 0.1) is 5.92 Å². The van der Waals surface area contributed by atoms with Gasteiger partial charge in [-0.15, -0.1) is 0 Å². The van der Waals surface area contributed by atoms with E-state index in [9.17, 15) is 4.79 Å². The third-order valence-electron chi connectivity index (χ3n) is 2.46. The smallest absolute Gasteiger partial charge is 0.233 e. The maximum Gasteiger partial charge on any atom is 0.233 e. The van der Waals surface area contributed by atoms with Crippen molar-refractivity contribution in [2.75, 3.05) is 26.2 Å². The second-order valence-corrected chi connectivity index (χ2v) is 3.37. The minimum Gasteiger partial charge on any atom is -0.339 e. The molecule has 1 heterocycles. The molecule has 0 radical (unpaired) electrons. The number of allylic oxidation sites excluding steroid dienone is 2. The van der Waals surface area contributed by atoms with Crippen LogP contribution in [-0.4, -0.2) is 37.0 Å². The van der Waals surface area contributed by atoms with Gasteiger partial charge in [-0.1, -0.05) is 24.3 Å². The highest BCUT2D eigenvalue weighted by molar-refractivity contribution is 5.83. The van der Waals surface area contributed by atoms with E-state index in [0.29, 0.717) is 0 Å². The van der Waals surface area contributed by atoms with E-state index < -0.39 is 0 Å². The van der Waals surface area contributed by atoms with Crippen molar-refractivity contribution in [3.8, 4) is 0 Å². The highest BCUT2D eigenvalue weighted by Crippen LogP contribution is 2.12. The summed E-state index contributed by atoms with van der Waals surface area (Å²) in [6.45, 7) is 3.53. The van der Waals surface area contributed by atoms with Gasteiger partial charge >= 0.3 is 0 Å². The quantitative estimate of drug-likeness (QED) is 0.620. The number of amides is 1. The highest BCUT2D eigenvalue weighted by Gasteiger charge is 2.22. The molecule has 3 heteroatoms. The molecule has 0 aromatic heterocycles. The fraction of sp³-hybridized carbons (Fsp3) is 0.500.